The van der Waals surface area contributed by atoms with Crippen molar-refractivity contribution in [1.29, 1.82) is 0 Å². The lowest BCUT2D eigenvalue weighted by atomic mass is 10.2. The molecule has 0 fully saturated rings. The molecule has 0 bridgehead atoms. The van der Waals surface area contributed by atoms with Gasteiger partial charge in [0.1, 0.15) is 0 Å². The monoisotopic (exact) mass is 250 g/mol. The Balaban J connectivity index is 2.35. The molecule has 0 saturated carbocycles. The first-order chi connectivity index (χ1) is 8.65. The van der Waals surface area contributed by atoms with Crippen LogP contribution in [0.5, 0.6) is 0 Å². The quantitative estimate of drug-likeness (QED) is 0.652. The van der Waals surface area contributed by atoms with Gasteiger partial charge in [-0.1, -0.05) is 40.0 Å². The Morgan fingerprint density at radius 1 is 1.22 bits per heavy atom. The van der Waals surface area contributed by atoms with Crippen molar-refractivity contribution >= 4 is 0 Å². The predicted molar refractivity (Wildman–Crippen MR) is 79.9 cm³/mol. The highest BCUT2D eigenvalue weighted by Crippen LogP contribution is 2.12. The third-order valence-corrected chi connectivity index (χ3v) is 3.47. The zero-order valence-electron chi connectivity index (χ0n) is 12.6. The molecule has 0 unspecified atom stereocenters. The third kappa shape index (κ3) is 5.26. The highest BCUT2D eigenvalue weighted by molar-refractivity contribution is 5.20. The van der Waals surface area contributed by atoms with E-state index in [0.29, 0.717) is 0 Å². The predicted octanol–water partition coefficient (Wildman–Crippen LogP) is 4.12. The Bertz CT molecular complexity index is 326. The fraction of sp³-hybridized carbons (Fsp3) is 0.750. The van der Waals surface area contributed by atoms with Gasteiger partial charge in [-0.25, -0.2) is 0 Å². The molecule has 0 atom stereocenters. The lowest BCUT2D eigenvalue weighted by Crippen LogP contribution is -2.19. The zero-order valence-corrected chi connectivity index (χ0v) is 12.6. The van der Waals surface area contributed by atoms with Gasteiger partial charge in [0.2, 0.25) is 0 Å². The molecule has 2 heteroatoms. The Labute approximate surface area is 113 Å². The Hall–Kier alpha value is -0.760. The van der Waals surface area contributed by atoms with Crippen molar-refractivity contribution in [3.8, 4) is 0 Å². The first kappa shape index (κ1) is 15.3. The maximum absolute atomic E-state index is 3.52. The van der Waals surface area contributed by atoms with Gasteiger partial charge >= 0.3 is 0 Å². The van der Waals surface area contributed by atoms with Gasteiger partial charge in [0.15, 0.2) is 0 Å². The second kappa shape index (κ2) is 8.36. The van der Waals surface area contributed by atoms with E-state index in [2.05, 4.69) is 49.8 Å². The van der Waals surface area contributed by atoms with E-state index >= 15 is 0 Å². The number of nitrogens with one attached hydrogen (secondary N) is 1. The van der Waals surface area contributed by atoms with Crippen molar-refractivity contribution in [2.45, 2.75) is 66.5 Å². The van der Waals surface area contributed by atoms with Crippen molar-refractivity contribution in [3.05, 3.63) is 23.5 Å². The number of rotatable bonds is 9. The molecule has 1 aromatic rings. The summed E-state index contributed by atoms with van der Waals surface area (Å²) in [6.45, 7) is 12.3. The van der Waals surface area contributed by atoms with Crippen molar-refractivity contribution in [2.75, 3.05) is 6.54 Å². The molecule has 1 heterocycles. The summed E-state index contributed by atoms with van der Waals surface area (Å²) in [6.07, 6.45) is 7.59. The van der Waals surface area contributed by atoms with Crippen molar-refractivity contribution in [1.82, 2.24) is 9.88 Å². The molecule has 0 aliphatic rings. The maximum atomic E-state index is 3.52. The third-order valence-electron chi connectivity index (χ3n) is 3.47. The van der Waals surface area contributed by atoms with Crippen LogP contribution in [0.4, 0.5) is 0 Å². The Morgan fingerprint density at radius 3 is 2.67 bits per heavy atom. The molecule has 104 valence electrons. The van der Waals surface area contributed by atoms with Gasteiger partial charge < -0.3 is 9.88 Å². The van der Waals surface area contributed by atoms with E-state index in [1.54, 1.807) is 0 Å². The van der Waals surface area contributed by atoms with Crippen LogP contribution in [-0.4, -0.2) is 11.1 Å². The van der Waals surface area contributed by atoms with E-state index in [-0.39, 0.29) is 0 Å². The van der Waals surface area contributed by atoms with Crippen LogP contribution in [0, 0.1) is 12.8 Å². The van der Waals surface area contributed by atoms with Gasteiger partial charge in [0, 0.05) is 25.0 Å². The first-order valence-corrected chi connectivity index (χ1v) is 7.50. The molecule has 18 heavy (non-hydrogen) atoms. The van der Waals surface area contributed by atoms with Crippen LogP contribution in [0.25, 0.3) is 0 Å². The molecule has 0 aromatic carbocycles. The number of aryl methyl sites for hydroxylation is 1. The number of unbranched alkanes of at least 4 members (excludes halogenated alkanes) is 3. The smallest absolute Gasteiger partial charge is 0.0223 e. The zero-order chi connectivity index (χ0) is 13.4. The average molecular weight is 250 g/mol. The summed E-state index contributed by atoms with van der Waals surface area (Å²) in [5.74, 6) is 0.724. The fourth-order valence-corrected chi connectivity index (χ4v) is 2.23. The van der Waals surface area contributed by atoms with E-state index in [9.17, 15) is 0 Å². The molecular weight excluding hydrogens is 220 g/mol. The lowest BCUT2D eigenvalue weighted by molar-refractivity contribution is 0.547. The first-order valence-electron chi connectivity index (χ1n) is 7.50. The van der Waals surface area contributed by atoms with E-state index in [4.69, 9.17) is 0 Å². The molecule has 0 radical (unpaired) electrons. The minimum Gasteiger partial charge on any atom is -0.351 e. The van der Waals surface area contributed by atoms with Crippen LogP contribution in [0.3, 0.4) is 0 Å². The molecule has 0 amide bonds. The average Bonchev–Trinajstić information content (AvgIpc) is 2.67. The van der Waals surface area contributed by atoms with E-state index in [1.807, 2.05) is 0 Å². The van der Waals surface area contributed by atoms with Crippen molar-refractivity contribution in [2.24, 2.45) is 5.92 Å². The highest BCUT2D eigenvalue weighted by Gasteiger charge is 2.04. The lowest BCUT2D eigenvalue weighted by Gasteiger charge is -2.09. The largest absolute Gasteiger partial charge is 0.351 e. The van der Waals surface area contributed by atoms with Gasteiger partial charge in [-0.2, -0.15) is 0 Å². The minimum absolute atomic E-state index is 0.724. The minimum atomic E-state index is 0.724. The molecule has 0 aliphatic heterocycles. The highest BCUT2D eigenvalue weighted by atomic mass is 15.0. The van der Waals surface area contributed by atoms with Crippen LogP contribution in [0.1, 0.15) is 57.7 Å². The van der Waals surface area contributed by atoms with Crippen molar-refractivity contribution < 1.29 is 0 Å². The molecule has 0 aliphatic carbocycles. The van der Waals surface area contributed by atoms with Gasteiger partial charge in [-0.15, -0.1) is 0 Å². The van der Waals surface area contributed by atoms with Crippen LogP contribution in [0.15, 0.2) is 12.3 Å². The van der Waals surface area contributed by atoms with E-state index in [1.165, 1.54) is 43.5 Å². The van der Waals surface area contributed by atoms with Gasteiger partial charge in [-0.05, 0) is 37.4 Å². The number of aromatic nitrogens is 1. The Kier molecular flexibility index (Phi) is 7.11. The van der Waals surface area contributed by atoms with Crippen LogP contribution < -0.4 is 5.32 Å². The Morgan fingerprint density at radius 2 is 2.00 bits per heavy atom. The van der Waals surface area contributed by atoms with Crippen LogP contribution >= 0.6 is 0 Å². The molecule has 0 spiro atoms. The van der Waals surface area contributed by atoms with Crippen molar-refractivity contribution in [3.63, 3.8) is 0 Å². The molecule has 1 rings (SSSR count). The number of hydrogen-bond acceptors (Lipinski definition) is 1. The number of hydrogen-bond donors (Lipinski definition) is 1. The summed E-state index contributed by atoms with van der Waals surface area (Å²) in [4.78, 5) is 0. The summed E-state index contributed by atoms with van der Waals surface area (Å²) in [7, 11) is 0. The summed E-state index contributed by atoms with van der Waals surface area (Å²) in [5, 5.41) is 3.52. The summed E-state index contributed by atoms with van der Waals surface area (Å²) >= 11 is 0. The van der Waals surface area contributed by atoms with Gasteiger partial charge in [0.25, 0.3) is 0 Å². The van der Waals surface area contributed by atoms with Gasteiger partial charge in [-0.3, -0.25) is 0 Å². The SMILES string of the molecule is CCCCCCn1ccc(CNCC(C)C)c1C. The molecule has 1 N–H and O–H groups in total. The maximum Gasteiger partial charge on any atom is 0.0223 e. The molecular formula is C16H30N2. The number of nitrogens with zero attached hydrogens (tertiary/aromatic N) is 1. The molecule has 1 aromatic heterocycles. The standard InChI is InChI=1S/C16H30N2/c1-5-6-7-8-10-18-11-9-16(15(18)4)13-17-12-14(2)3/h9,11,14,17H,5-8,10,12-13H2,1-4H3. The summed E-state index contributed by atoms with van der Waals surface area (Å²) in [5.41, 5.74) is 2.88. The fourth-order valence-electron chi connectivity index (χ4n) is 2.23. The normalized spacial score (nSPS) is 11.4. The van der Waals surface area contributed by atoms with Gasteiger partial charge in [0.05, 0.1) is 0 Å². The topological polar surface area (TPSA) is 17.0 Å². The van der Waals surface area contributed by atoms with E-state index < -0.39 is 0 Å². The summed E-state index contributed by atoms with van der Waals surface area (Å²) in [6, 6.07) is 2.27. The second-order valence-corrected chi connectivity index (χ2v) is 5.71. The molecule has 0 saturated heterocycles. The molecule has 2 nitrogen and oxygen atoms in total. The second-order valence-electron chi connectivity index (χ2n) is 5.71. The van der Waals surface area contributed by atoms with Crippen LogP contribution in [0.2, 0.25) is 0 Å². The van der Waals surface area contributed by atoms with E-state index in [0.717, 1.165) is 19.0 Å². The summed E-state index contributed by atoms with van der Waals surface area (Å²) < 4.78 is 2.40. The van der Waals surface area contributed by atoms with Crippen LogP contribution in [-0.2, 0) is 13.1 Å².